The van der Waals surface area contributed by atoms with E-state index in [2.05, 4.69) is 9.97 Å². The molecule has 1 fully saturated rings. The van der Waals surface area contributed by atoms with Crippen LogP contribution in [0.25, 0.3) is 0 Å². The molecule has 1 aromatic heterocycles. The van der Waals surface area contributed by atoms with Gasteiger partial charge in [-0.05, 0) is 31.0 Å². The van der Waals surface area contributed by atoms with Crippen molar-refractivity contribution in [2.45, 2.75) is 37.7 Å². The summed E-state index contributed by atoms with van der Waals surface area (Å²) in [6.07, 6.45) is -1.91. The van der Waals surface area contributed by atoms with Crippen LogP contribution in [0.3, 0.4) is 0 Å². The number of halogens is 2. The minimum atomic E-state index is -1.24. The minimum Gasteiger partial charge on any atom is -0.390 e. The molecule has 8 heteroatoms. The molecule has 0 aliphatic heterocycles. The van der Waals surface area contributed by atoms with Crippen molar-refractivity contribution in [3.63, 3.8) is 0 Å². The van der Waals surface area contributed by atoms with E-state index in [-0.39, 0.29) is 12.0 Å². The van der Waals surface area contributed by atoms with Gasteiger partial charge in [-0.25, -0.2) is 18.7 Å². The van der Waals surface area contributed by atoms with Gasteiger partial charge in [0.2, 0.25) is 0 Å². The number of aryl methyl sites for hydroxylation is 1. The Balaban J connectivity index is 1.81. The van der Waals surface area contributed by atoms with Gasteiger partial charge in [0.25, 0.3) is 0 Å². The minimum absolute atomic E-state index is 0.154. The Labute approximate surface area is 149 Å². The summed E-state index contributed by atoms with van der Waals surface area (Å²) in [6.45, 7) is 1.81. The molecule has 3 N–H and O–H groups in total. The summed E-state index contributed by atoms with van der Waals surface area (Å²) in [7, 11) is 1.73. The van der Waals surface area contributed by atoms with Crippen molar-refractivity contribution in [2.75, 3.05) is 11.9 Å². The molecule has 0 amide bonds. The Bertz CT molecular complexity index is 792. The molecule has 0 radical (unpaired) electrons. The Morgan fingerprint density at radius 2 is 1.85 bits per heavy atom. The summed E-state index contributed by atoms with van der Waals surface area (Å²) in [6, 6.07) is 4.36. The van der Waals surface area contributed by atoms with Gasteiger partial charge in [-0.1, -0.05) is 6.07 Å². The van der Waals surface area contributed by atoms with Crippen LogP contribution in [0.15, 0.2) is 30.6 Å². The highest BCUT2D eigenvalue weighted by atomic mass is 19.2. The van der Waals surface area contributed by atoms with Crippen LogP contribution in [0, 0.1) is 24.5 Å². The number of nitrogens with zero attached hydrogens (tertiary/aromatic N) is 3. The lowest BCUT2D eigenvalue weighted by molar-refractivity contribution is -0.0232. The SMILES string of the molecule is Cc1cc(N(C)[C@@H]2C[C@H](C(O)c3ccc(F)c(F)c3)[C@@H](O)[C@H]2O)ncn1. The molecule has 0 spiro atoms. The largest absolute Gasteiger partial charge is 0.390 e. The molecule has 3 rings (SSSR count). The number of hydrogen-bond acceptors (Lipinski definition) is 6. The van der Waals surface area contributed by atoms with Gasteiger partial charge in [-0.15, -0.1) is 0 Å². The smallest absolute Gasteiger partial charge is 0.159 e. The van der Waals surface area contributed by atoms with Crippen LogP contribution in [0.2, 0.25) is 0 Å². The third-order valence-electron chi connectivity index (χ3n) is 5.04. The lowest BCUT2D eigenvalue weighted by atomic mass is 9.92. The number of likely N-dealkylation sites (N-methyl/N-ethyl adjacent to an activating group) is 1. The van der Waals surface area contributed by atoms with Crippen molar-refractivity contribution in [1.82, 2.24) is 9.97 Å². The van der Waals surface area contributed by atoms with Crippen LogP contribution >= 0.6 is 0 Å². The predicted molar refractivity (Wildman–Crippen MR) is 90.4 cm³/mol. The van der Waals surface area contributed by atoms with E-state index in [0.717, 1.165) is 17.8 Å². The number of benzene rings is 1. The molecular weight excluding hydrogens is 344 g/mol. The van der Waals surface area contributed by atoms with E-state index in [1.165, 1.54) is 12.4 Å². The van der Waals surface area contributed by atoms with Crippen molar-refractivity contribution in [3.05, 3.63) is 53.5 Å². The molecule has 1 unspecified atom stereocenters. The van der Waals surface area contributed by atoms with E-state index < -0.39 is 41.9 Å². The third-order valence-corrected chi connectivity index (χ3v) is 5.04. The monoisotopic (exact) mass is 365 g/mol. The zero-order valence-corrected chi connectivity index (χ0v) is 14.4. The fraction of sp³-hybridized carbons (Fsp3) is 0.444. The van der Waals surface area contributed by atoms with E-state index in [4.69, 9.17) is 0 Å². The Morgan fingerprint density at radius 3 is 2.50 bits per heavy atom. The molecule has 2 aromatic rings. The van der Waals surface area contributed by atoms with Gasteiger partial charge in [0.15, 0.2) is 11.6 Å². The highest BCUT2D eigenvalue weighted by Gasteiger charge is 2.46. The maximum atomic E-state index is 13.4. The van der Waals surface area contributed by atoms with Crippen molar-refractivity contribution in [1.29, 1.82) is 0 Å². The molecule has 5 atom stereocenters. The van der Waals surface area contributed by atoms with E-state index in [0.29, 0.717) is 5.82 Å². The van der Waals surface area contributed by atoms with Gasteiger partial charge in [-0.2, -0.15) is 0 Å². The maximum Gasteiger partial charge on any atom is 0.159 e. The zero-order chi connectivity index (χ0) is 19.0. The lowest BCUT2D eigenvalue weighted by Gasteiger charge is -2.28. The zero-order valence-electron chi connectivity index (χ0n) is 14.4. The summed E-state index contributed by atoms with van der Waals surface area (Å²) in [5.74, 6) is -2.23. The number of aliphatic hydroxyl groups excluding tert-OH is 3. The van der Waals surface area contributed by atoms with Gasteiger partial charge in [-0.3, -0.25) is 0 Å². The van der Waals surface area contributed by atoms with Crippen LogP contribution in [0.1, 0.15) is 23.8 Å². The lowest BCUT2D eigenvalue weighted by Crippen LogP contribution is -2.41. The molecule has 140 valence electrons. The molecular formula is C18H21F2N3O3. The van der Waals surface area contributed by atoms with Crippen molar-refractivity contribution in [2.24, 2.45) is 5.92 Å². The second-order valence-electron chi connectivity index (χ2n) is 6.69. The highest BCUT2D eigenvalue weighted by molar-refractivity contribution is 5.40. The van der Waals surface area contributed by atoms with Gasteiger partial charge < -0.3 is 20.2 Å². The number of rotatable bonds is 4. The first kappa shape index (κ1) is 18.6. The molecule has 0 saturated heterocycles. The fourth-order valence-electron chi connectivity index (χ4n) is 3.49. The number of aliphatic hydroxyl groups is 3. The molecule has 1 aliphatic rings. The van der Waals surface area contributed by atoms with Crippen LogP contribution in [0.5, 0.6) is 0 Å². The highest BCUT2D eigenvalue weighted by Crippen LogP contribution is 2.39. The van der Waals surface area contributed by atoms with Crippen LogP contribution < -0.4 is 4.90 Å². The van der Waals surface area contributed by atoms with Crippen LogP contribution in [-0.2, 0) is 0 Å². The Morgan fingerprint density at radius 1 is 1.12 bits per heavy atom. The molecule has 1 aliphatic carbocycles. The average Bonchev–Trinajstić information content (AvgIpc) is 2.91. The normalized spacial score (nSPS) is 26.7. The maximum absolute atomic E-state index is 13.4. The molecule has 0 bridgehead atoms. The van der Waals surface area contributed by atoms with Gasteiger partial charge in [0.05, 0.1) is 18.2 Å². The first-order chi connectivity index (χ1) is 12.3. The van der Waals surface area contributed by atoms with Crippen LogP contribution in [0.4, 0.5) is 14.6 Å². The van der Waals surface area contributed by atoms with Crippen molar-refractivity contribution >= 4 is 5.82 Å². The van der Waals surface area contributed by atoms with Crippen molar-refractivity contribution in [3.8, 4) is 0 Å². The molecule has 26 heavy (non-hydrogen) atoms. The summed E-state index contributed by atoms with van der Waals surface area (Å²) in [5, 5.41) is 31.4. The quantitative estimate of drug-likeness (QED) is 0.758. The van der Waals surface area contributed by atoms with E-state index >= 15 is 0 Å². The summed E-state index contributed by atoms with van der Waals surface area (Å²) >= 11 is 0. The standard InChI is InChI=1S/C18H21F2N3O3/c1-9-5-15(22-8-21-9)23(2)14-7-11(17(25)18(14)26)16(24)10-3-4-12(19)13(20)6-10/h3-6,8,11,14,16-18,24-26H,7H2,1-2H3/t11-,14-,16?,17-,18+/m1/s1. The topological polar surface area (TPSA) is 89.7 Å². The van der Waals surface area contributed by atoms with Gasteiger partial charge in [0, 0.05) is 24.7 Å². The average molecular weight is 365 g/mol. The summed E-state index contributed by atoms with van der Waals surface area (Å²) < 4.78 is 26.5. The number of hydrogen-bond donors (Lipinski definition) is 3. The number of anilines is 1. The second kappa shape index (κ2) is 7.22. The van der Waals surface area contributed by atoms with Crippen LogP contribution in [-0.4, -0.2) is 50.6 Å². The second-order valence-corrected chi connectivity index (χ2v) is 6.69. The molecule has 1 saturated carbocycles. The summed E-state index contributed by atoms with van der Waals surface area (Å²) in [4.78, 5) is 9.91. The fourth-order valence-corrected chi connectivity index (χ4v) is 3.49. The van der Waals surface area contributed by atoms with Crippen molar-refractivity contribution < 1.29 is 24.1 Å². The van der Waals surface area contributed by atoms with E-state index in [9.17, 15) is 24.1 Å². The van der Waals surface area contributed by atoms with E-state index in [1.807, 2.05) is 6.92 Å². The first-order valence-electron chi connectivity index (χ1n) is 8.30. The summed E-state index contributed by atoms with van der Waals surface area (Å²) in [5.41, 5.74) is 0.912. The predicted octanol–water partition coefficient (Wildman–Crippen LogP) is 1.34. The Kier molecular flexibility index (Phi) is 5.17. The number of aromatic nitrogens is 2. The molecule has 6 nitrogen and oxygen atoms in total. The molecule has 1 aromatic carbocycles. The Hall–Kier alpha value is -2.16. The third kappa shape index (κ3) is 3.40. The van der Waals surface area contributed by atoms with Gasteiger partial charge in [0.1, 0.15) is 18.2 Å². The first-order valence-corrected chi connectivity index (χ1v) is 8.30. The van der Waals surface area contributed by atoms with E-state index in [1.54, 1.807) is 18.0 Å². The molecule has 1 heterocycles. The van der Waals surface area contributed by atoms with Gasteiger partial charge >= 0.3 is 0 Å².